The van der Waals surface area contributed by atoms with E-state index >= 15 is 0 Å². The number of nitrogens with one attached hydrogen (secondary N) is 1. The zero-order valence-electron chi connectivity index (χ0n) is 11.7. The smallest absolute Gasteiger partial charge is 0.338 e. The number of aryl methyl sites for hydroxylation is 1. The average Bonchev–Trinajstić information content (AvgIpc) is 2.49. The first kappa shape index (κ1) is 16.0. The first-order valence-electron chi connectivity index (χ1n) is 6.44. The van der Waals surface area contributed by atoms with Gasteiger partial charge in [-0.25, -0.2) is 9.18 Å². The molecule has 6 heteroatoms. The van der Waals surface area contributed by atoms with Gasteiger partial charge in [-0.2, -0.15) is 0 Å². The quantitative estimate of drug-likeness (QED) is 0.876. The van der Waals surface area contributed by atoms with Crippen LogP contribution in [-0.4, -0.2) is 18.5 Å². The zero-order chi connectivity index (χ0) is 16.1. The SMILES string of the molecule is Cc1ccc(F)cc1NC(=O)COC(=O)c1ccc(Cl)cc1. The number of esters is 1. The van der Waals surface area contributed by atoms with Gasteiger partial charge in [0.1, 0.15) is 5.82 Å². The Bertz CT molecular complexity index is 701. The second kappa shape index (κ2) is 7.04. The van der Waals surface area contributed by atoms with Crippen LogP contribution in [0, 0.1) is 12.7 Å². The summed E-state index contributed by atoms with van der Waals surface area (Å²) in [5.41, 5.74) is 1.34. The topological polar surface area (TPSA) is 55.4 Å². The molecular formula is C16H13ClFNO3. The zero-order valence-corrected chi connectivity index (χ0v) is 12.5. The van der Waals surface area contributed by atoms with Gasteiger partial charge in [0.2, 0.25) is 0 Å². The molecule has 1 amide bonds. The number of hydrogen-bond donors (Lipinski definition) is 1. The summed E-state index contributed by atoms with van der Waals surface area (Å²) >= 11 is 5.71. The van der Waals surface area contributed by atoms with Crippen LogP contribution in [0.4, 0.5) is 10.1 Å². The lowest BCUT2D eigenvalue weighted by Gasteiger charge is -2.09. The summed E-state index contributed by atoms with van der Waals surface area (Å²) in [4.78, 5) is 23.5. The van der Waals surface area contributed by atoms with E-state index in [0.29, 0.717) is 21.8 Å². The summed E-state index contributed by atoms with van der Waals surface area (Å²) in [6.07, 6.45) is 0. The Morgan fingerprint density at radius 1 is 1.18 bits per heavy atom. The highest BCUT2D eigenvalue weighted by Crippen LogP contribution is 2.16. The van der Waals surface area contributed by atoms with Gasteiger partial charge in [-0.1, -0.05) is 17.7 Å². The Balaban J connectivity index is 1.91. The normalized spacial score (nSPS) is 10.1. The molecule has 0 spiro atoms. The molecule has 22 heavy (non-hydrogen) atoms. The average molecular weight is 322 g/mol. The molecule has 1 N–H and O–H groups in total. The second-order valence-electron chi connectivity index (χ2n) is 4.59. The highest BCUT2D eigenvalue weighted by molar-refractivity contribution is 6.30. The molecule has 0 aliphatic rings. The fourth-order valence-corrected chi connectivity index (χ4v) is 1.84. The van der Waals surface area contributed by atoms with Crippen LogP contribution in [-0.2, 0) is 9.53 Å². The Morgan fingerprint density at radius 2 is 1.86 bits per heavy atom. The number of amides is 1. The van der Waals surface area contributed by atoms with Crippen molar-refractivity contribution in [1.29, 1.82) is 0 Å². The summed E-state index contributed by atoms with van der Waals surface area (Å²) in [7, 11) is 0. The van der Waals surface area contributed by atoms with Gasteiger partial charge in [-0.15, -0.1) is 0 Å². The van der Waals surface area contributed by atoms with Gasteiger partial charge in [0.15, 0.2) is 6.61 Å². The number of halogens is 2. The lowest BCUT2D eigenvalue weighted by atomic mass is 10.2. The minimum absolute atomic E-state index is 0.291. The fraction of sp³-hybridized carbons (Fsp3) is 0.125. The molecule has 4 nitrogen and oxygen atoms in total. The van der Waals surface area contributed by atoms with Crippen LogP contribution >= 0.6 is 11.6 Å². The van der Waals surface area contributed by atoms with Crippen molar-refractivity contribution in [3.05, 3.63) is 64.4 Å². The van der Waals surface area contributed by atoms with Crippen LogP contribution in [0.1, 0.15) is 15.9 Å². The van der Waals surface area contributed by atoms with Crippen molar-refractivity contribution in [2.45, 2.75) is 6.92 Å². The minimum atomic E-state index is -0.636. The number of benzene rings is 2. The number of rotatable bonds is 4. The molecule has 0 radical (unpaired) electrons. The van der Waals surface area contributed by atoms with Gasteiger partial charge < -0.3 is 10.1 Å². The van der Waals surface area contributed by atoms with E-state index < -0.39 is 24.3 Å². The molecular weight excluding hydrogens is 309 g/mol. The van der Waals surface area contributed by atoms with Crippen LogP contribution in [0.3, 0.4) is 0 Å². The van der Waals surface area contributed by atoms with Crippen LogP contribution < -0.4 is 5.32 Å². The van der Waals surface area contributed by atoms with Crippen molar-refractivity contribution in [2.75, 3.05) is 11.9 Å². The predicted octanol–water partition coefficient (Wildman–Crippen LogP) is 3.58. The predicted molar refractivity (Wildman–Crippen MR) is 81.5 cm³/mol. The van der Waals surface area contributed by atoms with Crippen LogP contribution in [0.15, 0.2) is 42.5 Å². The highest BCUT2D eigenvalue weighted by Gasteiger charge is 2.11. The van der Waals surface area contributed by atoms with Crippen molar-refractivity contribution < 1.29 is 18.7 Å². The van der Waals surface area contributed by atoms with E-state index in [-0.39, 0.29) is 0 Å². The summed E-state index contributed by atoms with van der Waals surface area (Å²) in [6, 6.07) is 10.1. The lowest BCUT2D eigenvalue weighted by molar-refractivity contribution is -0.119. The molecule has 0 saturated carbocycles. The van der Waals surface area contributed by atoms with Crippen LogP contribution in [0.2, 0.25) is 5.02 Å². The molecule has 0 heterocycles. The highest BCUT2D eigenvalue weighted by atomic mass is 35.5. The molecule has 2 rings (SSSR count). The van der Waals surface area contributed by atoms with Crippen LogP contribution in [0.5, 0.6) is 0 Å². The third-order valence-corrected chi connectivity index (χ3v) is 3.14. The van der Waals surface area contributed by atoms with Gasteiger partial charge in [0.05, 0.1) is 5.56 Å². The first-order chi connectivity index (χ1) is 10.5. The summed E-state index contributed by atoms with van der Waals surface area (Å²) in [5, 5.41) is 2.99. The standard InChI is InChI=1S/C16H13ClFNO3/c1-10-2-7-13(18)8-14(10)19-15(20)9-22-16(21)11-3-5-12(17)6-4-11/h2-8H,9H2,1H3,(H,19,20). The van der Waals surface area contributed by atoms with E-state index in [1.165, 1.54) is 24.3 Å². The molecule has 0 aliphatic heterocycles. The van der Waals surface area contributed by atoms with E-state index in [1.807, 2.05) is 0 Å². The largest absolute Gasteiger partial charge is 0.452 e. The van der Waals surface area contributed by atoms with E-state index in [0.717, 1.165) is 0 Å². The van der Waals surface area contributed by atoms with Gasteiger partial charge in [-0.3, -0.25) is 4.79 Å². The van der Waals surface area contributed by atoms with Gasteiger partial charge in [-0.05, 0) is 48.9 Å². The van der Waals surface area contributed by atoms with Crippen molar-refractivity contribution in [3.8, 4) is 0 Å². The monoisotopic (exact) mass is 321 g/mol. The summed E-state index contributed by atoms with van der Waals surface area (Å²) in [6.45, 7) is 1.27. The maximum absolute atomic E-state index is 13.1. The van der Waals surface area contributed by atoms with Crippen molar-refractivity contribution in [3.63, 3.8) is 0 Å². The van der Waals surface area contributed by atoms with E-state index in [4.69, 9.17) is 16.3 Å². The Hall–Kier alpha value is -2.40. The van der Waals surface area contributed by atoms with Gasteiger partial charge in [0.25, 0.3) is 5.91 Å². The summed E-state index contributed by atoms with van der Waals surface area (Å²) in [5.74, 6) is -1.64. The van der Waals surface area contributed by atoms with Crippen molar-refractivity contribution in [2.24, 2.45) is 0 Å². The molecule has 114 valence electrons. The molecule has 0 fully saturated rings. The maximum Gasteiger partial charge on any atom is 0.338 e. The van der Waals surface area contributed by atoms with E-state index in [2.05, 4.69) is 5.32 Å². The molecule has 2 aromatic carbocycles. The first-order valence-corrected chi connectivity index (χ1v) is 6.82. The van der Waals surface area contributed by atoms with Gasteiger partial charge >= 0.3 is 5.97 Å². The Labute approximate surface area is 131 Å². The fourth-order valence-electron chi connectivity index (χ4n) is 1.72. The number of hydrogen-bond acceptors (Lipinski definition) is 3. The molecule has 0 aliphatic carbocycles. The second-order valence-corrected chi connectivity index (χ2v) is 5.03. The maximum atomic E-state index is 13.1. The number of anilines is 1. The lowest BCUT2D eigenvalue weighted by Crippen LogP contribution is -2.21. The van der Waals surface area contributed by atoms with E-state index in [9.17, 15) is 14.0 Å². The van der Waals surface area contributed by atoms with E-state index in [1.54, 1.807) is 25.1 Å². The van der Waals surface area contributed by atoms with Crippen molar-refractivity contribution >= 4 is 29.2 Å². The Kier molecular flexibility index (Phi) is 5.12. The third kappa shape index (κ3) is 4.30. The molecule has 2 aromatic rings. The molecule has 0 bridgehead atoms. The number of carbonyl (C=O) groups excluding carboxylic acids is 2. The number of carbonyl (C=O) groups is 2. The molecule has 0 unspecified atom stereocenters. The third-order valence-electron chi connectivity index (χ3n) is 2.89. The Morgan fingerprint density at radius 3 is 2.55 bits per heavy atom. The summed E-state index contributed by atoms with van der Waals surface area (Å²) < 4.78 is 18.0. The molecule has 0 saturated heterocycles. The van der Waals surface area contributed by atoms with Crippen molar-refractivity contribution in [1.82, 2.24) is 0 Å². The molecule has 0 aromatic heterocycles. The van der Waals surface area contributed by atoms with Crippen LogP contribution in [0.25, 0.3) is 0 Å². The van der Waals surface area contributed by atoms with Gasteiger partial charge in [0, 0.05) is 10.7 Å². The minimum Gasteiger partial charge on any atom is -0.452 e. The molecule has 0 atom stereocenters. The number of ether oxygens (including phenoxy) is 1.